The van der Waals surface area contributed by atoms with Crippen molar-refractivity contribution >= 4 is 22.1 Å². The summed E-state index contributed by atoms with van der Waals surface area (Å²) in [6.45, 7) is -0.417. The fourth-order valence-corrected chi connectivity index (χ4v) is 4.34. The maximum atomic E-state index is 13.1. The van der Waals surface area contributed by atoms with Crippen LogP contribution in [0.25, 0.3) is 0 Å². The van der Waals surface area contributed by atoms with Gasteiger partial charge in [-0.25, -0.2) is 13.8 Å². The molecule has 0 spiro atoms. The van der Waals surface area contributed by atoms with Crippen molar-refractivity contribution in [3.05, 3.63) is 90.0 Å². The van der Waals surface area contributed by atoms with Gasteiger partial charge in [0, 0.05) is 12.1 Å². The minimum atomic E-state index is -3.92. The first-order chi connectivity index (χ1) is 15.4. The van der Waals surface area contributed by atoms with Crippen LogP contribution in [0.4, 0.5) is 0 Å². The van der Waals surface area contributed by atoms with Crippen LogP contribution in [0, 0.1) is 0 Å². The van der Waals surface area contributed by atoms with E-state index < -0.39 is 22.5 Å². The molecule has 0 saturated carbocycles. The molecule has 3 rings (SSSR count). The SMILES string of the molecule is COc1cccc(C=NNC(=O)CN(Cc2ccccc2)S(=O)(=O)c2ccccc2)c1O. The van der Waals surface area contributed by atoms with Gasteiger partial charge in [-0.15, -0.1) is 0 Å². The molecule has 0 radical (unpaired) electrons. The van der Waals surface area contributed by atoms with E-state index in [1.54, 1.807) is 60.7 Å². The fraction of sp³-hybridized carbons (Fsp3) is 0.130. The molecular weight excluding hydrogens is 430 g/mol. The Kier molecular flexibility index (Phi) is 7.58. The van der Waals surface area contributed by atoms with Crippen molar-refractivity contribution in [2.24, 2.45) is 5.10 Å². The minimum absolute atomic E-state index is 0.0197. The van der Waals surface area contributed by atoms with Crippen molar-refractivity contribution in [2.45, 2.75) is 11.4 Å². The topological polar surface area (TPSA) is 108 Å². The van der Waals surface area contributed by atoms with Crippen molar-refractivity contribution in [2.75, 3.05) is 13.7 Å². The number of ether oxygens (including phenoxy) is 1. The van der Waals surface area contributed by atoms with Crippen molar-refractivity contribution in [1.29, 1.82) is 0 Å². The number of phenolic OH excluding ortho intramolecular Hbond substituents is 1. The summed E-state index contributed by atoms with van der Waals surface area (Å²) in [5.74, 6) is -0.479. The molecule has 3 aromatic rings. The second kappa shape index (κ2) is 10.6. The van der Waals surface area contributed by atoms with Crippen LogP contribution >= 0.6 is 0 Å². The fourth-order valence-electron chi connectivity index (χ4n) is 2.93. The molecule has 0 unspecified atom stereocenters. The van der Waals surface area contributed by atoms with E-state index in [2.05, 4.69) is 10.5 Å². The average Bonchev–Trinajstić information content (AvgIpc) is 2.81. The number of carbonyl (C=O) groups is 1. The van der Waals surface area contributed by atoms with Crippen LogP contribution in [-0.2, 0) is 21.4 Å². The minimum Gasteiger partial charge on any atom is -0.504 e. The van der Waals surface area contributed by atoms with Gasteiger partial charge in [-0.05, 0) is 29.8 Å². The molecule has 166 valence electrons. The first-order valence-electron chi connectivity index (χ1n) is 9.69. The van der Waals surface area contributed by atoms with Crippen LogP contribution in [0.2, 0.25) is 0 Å². The van der Waals surface area contributed by atoms with Gasteiger partial charge < -0.3 is 9.84 Å². The Balaban J connectivity index is 1.76. The van der Waals surface area contributed by atoms with Gasteiger partial charge in [0.2, 0.25) is 10.0 Å². The smallest absolute Gasteiger partial charge is 0.255 e. The van der Waals surface area contributed by atoms with Crippen molar-refractivity contribution in [1.82, 2.24) is 9.73 Å². The van der Waals surface area contributed by atoms with Crippen molar-refractivity contribution < 1.29 is 23.1 Å². The molecule has 0 aromatic heterocycles. The zero-order valence-electron chi connectivity index (χ0n) is 17.4. The number of para-hydroxylation sites is 1. The van der Waals surface area contributed by atoms with E-state index in [0.717, 1.165) is 9.87 Å². The van der Waals surface area contributed by atoms with E-state index in [9.17, 15) is 18.3 Å². The summed E-state index contributed by atoms with van der Waals surface area (Å²) >= 11 is 0. The van der Waals surface area contributed by atoms with Gasteiger partial charge in [-0.2, -0.15) is 9.41 Å². The summed E-state index contributed by atoms with van der Waals surface area (Å²) in [7, 11) is -2.50. The van der Waals surface area contributed by atoms with Crippen LogP contribution in [0.15, 0.2) is 88.9 Å². The van der Waals surface area contributed by atoms with Gasteiger partial charge in [-0.3, -0.25) is 4.79 Å². The lowest BCUT2D eigenvalue weighted by Crippen LogP contribution is -2.39. The molecule has 0 aliphatic heterocycles. The highest BCUT2D eigenvalue weighted by molar-refractivity contribution is 7.89. The Morgan fingerprint density at radius 2 is 1.69 bits per heavy atom. The van der Waals surface area contributed by atoms with Crippen LogP contribution in [0.3, 0.4) is 0 Å². The molecule has 0 fully saturated rings. The summed E-state index contributed by atoms with van der Waals surface area (Å²) in [5, 5.41) is 13.9. The maximum Gasteiger partial charge on any atom is 0.255 e. The zero-order valence-corrected chi connectivity index (χ0v) is 18.2. The Morgan fingerprint density at radius 1 is 1.03 bits per heavy atom. The number of hydrazone groups is 1. The summed E-state index contributed by atoms with van der Waals surface area (Å²) in [6.07, 6.45) is 1.25. The molecule has 32 heavy (non-hydrogen) atoms. The van der Waals surface area contributed by atoms with Gasteiger partial charge in [0.05, 0.1) is 24.8 Å². The third-order valence-corrected chi connectivity index (χ3v) is 6.35. The largest absolute Gasteiger partial charge is 0.504 e. The standard InChI is InChI=1S/C23H23N3O5S/c1-31-21-14-8-11-19(23(21)28)15-24-25-22(27)17-26(16-18-9-4-2-5-10-18)32(29,30)20-12-6-3-7-13-20/h2-15,28H,16-17H2,1H3,(H,25,27). The number of aromatic hydroxyl groups is 1. The van der Waals surface area contributed by atoms with E-state index in [0.29, 0.717) is 5.56 Å². The lowest BCUT2D eigenvalue weighted by molar-refractivity contribution is -0.121. The predicted octanol–water partition coefficient (Wildman–Crippen LogP) is 2.74. The molecule has 9 heteroatoms. The van der Waals surface area contributed by atoms with Gasteiger partial charge >= 0.3 is 0 Å². The first-order valence-corrected chi connectivity index (χ1v) is 11.1. The quantitative estimate of drug-likeness (QED) is 0.383. The monoisotopic (exact) mass is 453 g/mol. The number of amides is 1. The van der Waals surface area contributed by atoms with E-state index in [1.807, 2.05) is 6.07 Å². The molecule has 8 nitrogen and oxygen atoms in total. The van der Waals surface area contributed by atoms with Crippen LogP contribution in [0.5, 0.6) is 11.5 Å². The Bertz CT molecular complexity index is 1180. The number of phenols is 1. The number of benzene rings is 3. The Morgan fingerprint density at radius 3 is 2.34 bits per heavy atom. The summed E-state index contributed by atoms with van der Waals surface area (Å²) in [5.41, 5.74) is 3.38. The average molecular weight is 454 g/mol. The summed E-state index contributed by atoms with van der Waals surface area (Å²) in [6, 6.07) is 21.8. The Labute approximate surface area is 186 Å². The molecule has 1 amide bonds. The number of rotatable bonds is 9. The van der Waals surface area contributed by atoms with Crippen molar-refractivity contribution in [3.8, 4) is 11.5 Å². The van der Waals surface area contributed by atoms with Gasteiger partial charge in [0.25, 0.3) is 5.91 Å². The van der Waals surface area contributed by atoms with Gasteiger partial charge in [0.15, 0.2) is 11.5 Å². The van der Waals surface area contributed by atoms with Crippen LogP contribution in [0.1, 0.15) is 11.1 Å². The highest BCUT2D eigenvalue weighted by atomic mass is 32.2. The van der Waals surface area contributed by atoms with Crippen LogP contribution in [-0.4, -0.2) is 43.6 Å². The summed E-state index contributed by atoms with van der Waals surface area (Å²) in [4.78, 5) is 12.6. The highest BCUT2D eigenvalue weighted by Gasteiger charge is 2.26. The first kappa shape index (κ1) is 23.0. The second-order valence-corrected chi connectivity index (χ2v) is 8.70. The van der Waals surface area contributed by atoms with E-state index in [-0.39, 0.29) is 22.9 Å². The third kappa shape index (κ3) is 5.71. The molecular formula is C23H23N3O5S. The Hall–Kier alpha value is -3.69. The second-order valence-electron chi connectivity index (χ2n) is 6.76. The van der Waals surface area contributed by atoms with Gasteiger partial charge in [0.1, 0.15) is 0 Å². The molecule has 0 aliphatic carbocycles. The number of carbonyl (C=O) groups excluding carboxylic acids is 1. The van der Waals surface area contributed by atoms with E-state index >= 15 is 0 Å². The maximum absolute atomic E-state index is 13.1. The predicted molar refractivity (Wildman–Crippen MR) is 121 cm³/mol. The number of nitrogens with one attached hydrogen (secondary N) is 1. The molecule has 0 aliphatic rings. The molecule has 2 N–H and O–H groups in total. The lowest BCUT2D eigenvalue weighted by atomic mass is 10.2. The normalized spacial score (nSPS) is 11.6. The van der Waals surface area contributed by atoms with E-state index in [1.165, 1.54) is 25.5 Å². The summed E-state index contributed by atoms with van der Waals surface area (Å²) < 4.78 is 32.4. The van der Waals surface area contributed by atoms with Gasteiger partial charge in [-0.1, -0.05) is 54.6 Å². The third-order valence-electron chi connectivity index (χ3n) is 4.55. The lowest BCUT2D eigenvalue weighted by Gasteiger charge is -2.21. The van der Waals surface area contributed by atoms with Crippen LogP contribution < -0.4 is 10.2 Å². The molecule has 3 aromatic carbocycles. The highest BCUT2D eigenvalue weighted by Crippen LogP contribution is 2.27. The number of sulfonamides is 1. The van der Waals surface area contributed by atoms with Crippen molar-refractivity contribution in [3.63, 3.8) is 0 Å². The zero-order chi connectivity index (χ0) is 23.0. The number of methoxy groups -OCH3 is 1. The number of hydrogen-bond acceptors (Lipinski definition) is 6. The number of hydrogen-bond donors (Lipinski definition) is 2. The molecule has 0 atom stereocenters. The molecule has 0 heterocycles. The van der Waals surface area contributed by atoms with E-state index in [4.69, 9.17) is 4.74 Å². The molecule has 0 bridgehead atoms. The number of nitrogens with zero attached hydrogens (tertiary/aromatic N) is 2. The molecule has 0 saturated heterocycles.